The van der Waals surface area contributed by atoms with Gasteiger partial charge in [0.1, 0.15) is 11.8 Å². The monoisotopic (exact) mass is 424 g/mol. The number of hydrogen-bond acceptors (Lipinski definition) is 7. The Morgan fingerprint density at radius 3 is 2.33 bits per heavy atom. The van der Waals surface area contributed by atoms with Crippen molar-refractivity contribution < 1.29 is 22.8 Å². The smallest absolute Gasteiger partial charge is 0.270 e. The van der Waals surface area contributed by atoms with E-state index in [0.717, 1.165) is 0 Å². The van der Waals surface area contributed by atoms with Crippen molar-refractivity contribution in [1.29, 1.82) is 5.26 Å². The molecule has 0 atom stereocenters. The molecule has 9 nitrogen and oxygen atoms in total. The molecular formula is C20H16N4O5S. The van der Waals surface area contributed by atoms with Gasteiger partial charge in [-0.05, 0) is 43.3 Å². The maximum Gasteiger partial charge on any atom is 0.270 e. The lowest BCUT2D eigenvalue weighted by Gasteiger charge is -2.09. The molecule has 152 valence electrons. The summed E-state index contributed by atoms with van der Waals surface area (Å²) in [5, 5.41) is 25.4. The fourth-order valence-corrected chi connectivity index (χ4v) is 3.56. The van der Waals surface area contributed by atoms with E-state index < -0.39 is 27.3 Å². The topological polar surface area (TPSA) is 145 Å². The van der Waals surface area contributed by atoms with Gasteiger partial charge in [-0.3, -0.25) is 9.52 Å². The Morgan fingerprint density at radius 2 is 1.77 bits per heavy atom. The van der Waals surface area contributed by atoms with E-state index in [4.69, 9.17) is 4.52 Å². The average Bonchev–Trinajstić information content (AvgIpc) is 3.15. The number of anilines is 2. The molecule has 0 unspecified atom stereocenters. The van der Waals surface area contributed by atoms with E-state index in [1.807, 2.05) is 0 Å². The Labute approximate surface area is 172 Å². The van der Waals surface area contributed by atoms with Crippen molar-refractivity contribution in [3.05, 3.63) is 77.7 Å². The van der Waals surface area contributed by atoms with Crippen molar-refractivity contribution in [2.24, 2.45) is 0 Å². The quantitative estimate of drug-likeness (QED) is 0.313. The second-order valence-corrected chi connectivity index (χ2v) is 7.76. The summed E-state index contributed by atoms with van der Waals surface area (Å²) >= 11 is 0. The minimum Gasteiger partial charge on any atom is -0.506 e. The molecule has 2 aromatic carbocycles. The summed E-state index contributed by atoms with van der Waals surface area (Å²) < 4.78 is 32.2. The standard InChI is InChI=1S/C20H16N4O5S/c1-13-18(12-22-29-13)19(25)17(11-21)20(26)23-14-7-9-16(10-8-14)30(27,28)24-15-5-3-2-4-6-15/h2-10,12,24-25H,1H3,(H,23,26)/b19-17-. The Bertz CT molecular complexity index is 1240. The molecule has 1 amide bonds. The number of aromatic nitrogens is 1. The van der Waals surface area contributed by atoms with Gasteiger partial charge in [0, 0.05) is 11.4 Å². The van der Waals surface area contributed by atoms with Gasteiger partial charge in [0.05, 0.1) is 16.7 Å². The van der Waals surface area contributed by atoms with Crippen molar-refractivity contribution in [3.8, 4) is 6.07 Å². The molecule has 0 saturated carbocycles. The van der Waals surface area contributed by atoms with Crippen LogP contribution in [0.4, 0.5) is 11.4 Å². The van der Waals surface area contributed by atoms with Crippen LogP contribution in [0.25, 0.3) is 5.76 Å². The van der Waals surface area contributed by atoms with Gasteiger partial charge in [0.15, 0.2) is 11.3 Å². The van der Waals surface area contributed by atoms with Gasteiger partial charge in [-0.2, -0.15) is 5.26 Å². The van der Waals surface area contributed by atoms with E-state index in [9.17, 15) is 23.6 Å². The molecule has 10 heteroatoms. The zero-order valence-corrected chi connectivity index (χ0v) is 16.5. The number of nitrogens with one attached hydrogen (secondary N) is 2. The van der Waals surface area contributed by atoms with Crippen molar-refractivity contribution in [2.45, 2.75) is 11.8 Å². The van der Waals surface area contributed by atoms with Crippen LogP contribution < -0.4 is 10.0 Å². The summed E-state index contributed by atoms with van der Waals surface area (Å²) in [6, 6.07) is 15.4. The van der Waals surface area contributed by atoms with E-state index in [-0.39, 0.29) is 21.9 Å². The highest BCUT2D eigenvalue weighted by Gasteiger charge is 2.20. The Kier molecular flexibility index (Phi) is 5.85. The van der Waals surface area contributed by atoms with Crippen molar-refractivity contribution in [3.63, 3.8) is 0 Å². The summed E-state index contributed by atoms with van der Waals surface area (Å²) in [6.45, 7) is 1.52. The number of para-hydroxylation sites is 1. The van der Waals surface area contributed by atoms with Gasteiger partial charge >= 0.3 is 0 Å². The molecule has 3 rings (SSSR count). The third-order valence-corrected chi connectivity index (χ3v) is 5.43. The molecule has 0 saturated heterocycles. The molecule has 0 spiro atoms. The van der Waals surface area contributed by atoms with Crippen LogP contribution in [0.15, 0.2) is 75.8 Å². The first-order chi connectivity index (χ1) is 14.3. The molecule has 3 aromatic rings. The summed E-state index contributed by atoms with van der Waals surface area (Å²) in [4.78, 5) is 12.4. The molecule has 3 N–H and O–H groups in total. The number of aliphatic hydroxyl groups excluding tert-OH is 1. The van der Waals surface area contributed by atoms with E-state index in [1.165, 1.54) is 37.4 Å². The molecule has 0 fully saturated rings. The van der Waals surface area contributed by atoms with Crippen LogP contribution in [-0.4, -0.2) is 24.6 Å². The summed E-state index contributed by atoms with van der Waals surface area (Å²) in [5.41, 5.74) is 0.235. The zero-order chi connectivity index (χ0) is 21.7. The minimum atomic E-state index is -3.81. The predicted molar refractivity (Wildman–Crippen MR) is 109 cm³/mol. The number of carbonyl (C=O) groups is 1. The van der Waals surface area contributed by atoms with Gasteiger partial charge in [0.25, 0.3) is 15.9 Å². The van der Waals surface area contributed by atoms with E-state index in [0.29, 0.717) is 5.69 Å². The predicted octanol–water partition coefficient (Wildman–Crippen LogP) is 3.22. The highest BCUT2D eigenvalue weighted by molar-refractivity contribution is 7.92. The number of carbonyl (C=O) groups excluding carboxylic acids is 1. The number of aliphatic hydroxyl groups is 1. The second kappa shape index (κ2) is 8.50. The lowest BCUT2D eigenvalue weighted by molar-refractivity contribution is -0.112. The zero-order valence-electron chi connectivity index (χ0n) is 15.7. The van der Waals surface area contributed by atoms with Crippen LogP contribution in [-0.2, 0) is 14.8 Å². The van der Waals surface area contributed by atoms with Crippen molar-refractivity contribution in [1.82, 2.24) is 5.16 Å². The van der Waals surface area contributed by atoms with Crippen LogP contribution in [0.5, 0.6) is 0 Å². The van der Waals surface area contributed by atoms with E-state index in [1.54, 1.807) is 36.4 Å². The van der Waals surface area contributed by atoms with Crippen LogP contribution in [0, 0.1) is 18.3 Å². The summed E-state index contributed by atoms with van der Waals surface area (Å²) in [5.74, 6) is -1.19. The van der Waals surface area contributed by atoms with Crippen LogP contribution >= 0.6 is 0 Å². The number of amides is 1. The molecule has 0 bridgehead atoms. The van der Waals surface area contributed by atoms with Crippen molar-refractivity contribution >= 4 is 33.1 Å². The molecule has 0 aliphatic rings. The van der Waals surface area contributed by atoms with Gasteiger partial charge in [-0.15, -0.1) is 0 Å². The number of rotatable bonds is 6. The molecule has 0 radical (unpaired) electrons. The highest BCUT2D eigenvalue weighted by Crippen LogP contribution is 2.22. The first kappa shape index (κ1) is 20.6. The van der Waals surface area contributed by atoms with E-state index >= 15 is 0 Å². The van der Waals surface area contributed by atoms with Gasteiger partial charge in [-0.25, -0.2) is 8.42 Å². The number of hydrogen-bond donors (Lipinski definition) is 3. The average molecular weight is 424 g/mol. The van der Waals surface area contributed by atoms with Crippen LogP contribution in [0.1, 0.15) is 11.3 Å². The third kappa shape index (κ3) is 4.48. The lowest BCUT2D eigenvalue weighted by atomic mass is 10.1. The first-order valence-corrected chi connectivity index (χ1v) is 10.0. The third-order valence-electron chi connectivity index (χ3n) is 4.03. The normalized spacial score (nSPS) is 11.9. The number of benzene rings is 2. The molecule has 0 aliphatic carbocycles. The van der Waals surface area contributed by atoms with Gasteiger partial charge in [-0.1, -0.05) is 23.4 Å². The van der Waals surface area contributed by atoms with E-state index in [2.05, 4.69) is 15.2 Å². The maximum absolute atomic E-state index is 12.4. The molecule has 1 heterocycles. The Balaban J connectivity index is 1.77. The highest BCUT2D eigenvalue weighted by atomic mass is 32.2. The van der Waals surface area contributed by atoms with Crippen molar-refractivity contribution in [2.75, 3.05) is 10.0 Å². The van der Waals surface area contributed by atoms with Crippen LogP contribution in [0.2, 0.25) is 0 Å². The van der Waals surface area contributed by atoms with Gasteiger partial charge in [0.2, 0.25) is 0 Å². The Morgan fingerprint density at radius 1 is 1.10 bits per heavy atom. The summed E-state index contributed by atoms with van der Waals surface area (Å²) in [7, 11) is -3.81. The SMILES string of the molecule is Cc1oncc1/C(O)=C(\C#N)C(=O)Nc1ccc(S(=O)(=O)Nc2ccccc2)cc1. The lowest BCUT2D eigenvalue weighted by Crippen LogP contribution is -2.16. The first-order valence-electron chi connectivity index (χ1n) is 8.56. The number of aryl methyl sites for hydroxylation is 1. The van der Waals surface area contributed by atoms with Gasteiger partial charge < -0.3 is 14.9 Å². The molecule has 0 aliphatic heterocycles. The number of nitrogens with zero attached hydrogens (tertiary/aromatic N) is 2. The minimum absolute atomic E-state index is 0.0108. The second-order valence-electron chi connectivity index (χ2n) is 6.08. The maximum atomic E-state index is 12.4. The largest absolute Gasteiger partial charge is 0.506 e. The molecular weight excluding hydrogens is 408 g/mol. The fourth-order valence-electron chi connectivity index (χ4n) is 2.50. The molecule has 1 aromatic heterocycles. The number of sulfonamides is 1. The fraction of sp³-hybridized carbons (Fsp3) is 0.0500. The van der Waals surface area contributed by atoms with Crippen LogP contribution in [0.3, 0.4) is 0 Å². The molecule has 30 heavy (non-hydrogen) atoms. The Hall–Kier alpha value is -4.10. The summed E-state index contributed by atoms with van der Waals surface area (Å²) in [6.07, 6.45) is 1.19. The number of nitriles is 1.